The fraction of sp³-hybridized carbons (Fsp3) is 0.729. The fourth-order valence-electron chi connectivity index (χ4n) is 10.2. The average Bonchev–Trinajstić information content (AvgIpc) is 3.01. The molecule has 1 fully saturated rings. The standard InChI is InChI=1S/C48H77NO/c1-18-45(13,14)38(30-42(4,5)6)48(17)25-24-32(2)39-41(48)46(15,33(3)43(7,8)9)26-27-47(39,16)35-28-34(31-49-36-22-20-19-21-23-36)40(50)37(29-35)44(10,11)12/h24-29,31-33,36,38,50H,18-23,30H2,1-17H3. The van der Waals surface area contributed by atoms with Gasteiger partial charge in [0.2, 0.25) is 0 Å². The predicted molar refractivity (Wildman–Crippen MR) is 220 cm³/mol. The molecular weight excluding hydrogens is 607 g/mol. The molecule has 0 bridgehead atoms. The van der Waals surface area contributed by atoms with Crippen molar-refractivity contribution in [3.05, 3.63) is 64.3 Å². The van der Waals surface area contributed by atoms with E-state index in [9.17, 15) is 5.11 Å². The summed E-state index contributed by atoms with van der Waals surface area (Å²) in [7, 11) is 0. The molecule has 0 spiro atoms. The molecule has 1 aromatic rings. The molecule has 3 aliphatic carbocycles. The van der Waals surface area contributed by atoms with Crippen molar-refractivity contribution >= 4 is 6.21 Å². The maximum atomic E-state index is 11.8. The number of rotatable bonds is 8. The second-order valence-electron chi connectivity index (χ2n) is 21.6. The zero-order valence-corrected chi connectivity index (χ0v) is 35.7. The van der Waals surface area contributed by atoms with Gasteiger partial charge in [0, 0.05) is 39.6 Å². The Morgan fingerprint density at radius 1 is 0.860 bits per heavy atom. The molecule has 0 radical (unpaired) electrons. The molecule has 2 heteroatoms. The van der Waals surface area contributed by atoms with E-state index < -0.39 is 0 Å². The van der Waals surface area contributed by atoms with Gasteiger partial charge in [-0.3, -0.25) is 4.99 Å². The van der Waals surface area contributed by atoms with Gasteiger partial charge in [-0.1, -0.05) is 167 Å². The molecule has 0 aliphatic heterocycles. The van der Waals surface area contributed by atoms with Crippen LogP contribution in [0.5, 0.6) is 5.75 Å². The quantitative estimate of drug-likeness (QED) is 0.215. The highest BCUT2D eigenvalue weighted by atomic mass is 16.3. The first-order chi connectivity index (χ1) is 22.7. The summed E-state index contributed by atoms with van der Waals surface area (Å²) >= 11 is 0. The van der Waals surface area contributed by atoms with Crippen molar-refractivity contribution in [3.63, 3.8) is 0 Å². The highest BCUT2D eigenvalue weighted by molar-refractivity contribution is 5.85. The summed E-state index contributed by atoms with van der Waals surface area (Å²) in [6.07, 6.45) is 20.8. The van der Waals surface area contributed by atoms with Crippen LogP contribution in [-0.4, -0.2) is 17.4 Å². The van der Waals surface area contributed by atoms with Crippen molar-refractivity contribution in [2.75, 3.05) is 0 Å². The normalized spacial score (nSPS) is 29.8. The minimum atomic E-state index is -0.346. The number of allylic oxidation sites excluding steroid dienone is 6. The Balaban J connectivity index is 2.10. The molecule has 280 valence electrons. The van der Waals surface area contributed by atoms with Crippen molar-refractivity contribution in [3.8, 4) is 5.75 Å². The number of hydrogen-bond donors (Lipinski definition) is 1. The molecule has 1 aromatic carbocycles. The summed E-state index contributed by atoms with van der Waals surface area (Å²) in [6, 6.07) is 4.98. The summed E-state index contributed by atoms with van der Waals surface area (Å²) in [5.74, 6) is 1.55. The van der Waals surface area contributed by atoms with E-state index in [1.54, 1.807) is 11.1 Å². The molecule has 0 saturated heterocycles. The van der Waals surface area contributed by atoms with Crippen LogP contribution in [0.15, 0.2) is 52.6 Å². The van der Waals surface area contributed by atoms with E-state index in [1.165, 1.54) is 24.8 Å². The molecule has 4 rings (SSSR count). The monoisotopic (exact) mass is 684 g/mol. The van der Waals surface area contributed by atoms with Crippen molar-refractivity contribution in [2.24, 2.45) is 49.8 Å². The summed E-state index contributed by atoms with van der Waals surface area (Å²) in [5, 5.41) is 11.8. The van der Waals surface area contributed by atoms with Crippen LogP contribution in [0.1, 0.15) is 179 Å². The second kappa shape index (κ2) is 13.7. The molecule has 3 aliphatic rings. The molecule has 6 atom stereocenters. The Morgan fingerprint density at radius 2 is 1.46 bits per heavy atom. The Hall–Kier alpha value is -2.09. The summed E-state index contributed by atoms with van der Waals surface area (Å²) in [6.45, 7) is 41.3. The molecule has 1 saturated carbocycles. The molecule has 6 unspecified atom stereocenters. The molecule has 2 nitrogen and oxygen atoms in total. The first-order valence-corrected chi connectivity index (χ1v) is 20.3. The van der Waals surface area contributed by atoms with Gasteiger partial charge < -0.3 is 5.11 Å². The summed E-state index contributed by atoms with van der Waals surface area (Å²) < 4.78 is 0. The summed E-state index contributed by atoms with van der Waals surface area (Å²) in [5.41, 5.74) is 5.99. The van der Waals surface area contributed by atoms with E-state index >= 15 is 0 Å². The lowest BCUT2D eigenvalue weighted by Gasteiger charge is -2.60. The van der Waals surface area contributed by atoms with Crippen molar-refractivity contribution in [1.29, 1.82) is 0 Å². The SMILES string of the molecule is CCC(C)(C)C(CC(C)(C)C)C1(C)C=CC(C)C2=C1C(C)(C(C)C(C)(C)C)C=CC2(C)c1cc(C=NC2CCCCC2)c(O)c(C(C)(C)C)c1. The van der Waals surface area contributed by atoms with Gasteiger partial charge >= 0.3 is 0 Å². The van der Waals surface area contributed by atoms with E-state index in [0.717, 1.165) is 36.8 Å². The van der Waals surface area contributed by atoms with Crippen LogP contribution in [0.2, 0.25) is 0 Å². The Kier molecular flexibility index (Phi) is 11.2. The van der Waals surface area contributed by atoms with E-state index in [4.69, 9.17) is 4.99 Å². The lowest BCUT2D eigenvalue weighted by atomic mass is 9.44. The molecule has 1 N–H and O–H groups in total. The average molecular weight is 684 g/mol. The zero-order chi connectivity index (χ0) is 37.9. The largest absolute Gasteiger partial charge is 0.507 e. The van der Waals surface area contributed by atoms with Crippen molar-refractivity contribution < 1.29 is 5.11 Å². The summed E-state index contributed by atoms with van der Waals surface area (Å²) in [4.78, 5) is 5.11. The minimum Gasteiger partial charge on any atom is -0.507 e. The molecule has 0 heterocycles. The Labute approximate surface area is 309 Å². The third kappa shape index (κ3) is 7.67. The van der Waals surface area contributed by atoms with Crippen LogP contribution < -0.4 is 0 Å². The van der Waals surface area contributed by atoms with Crippen LogP contribution in [0.3, 0.4) is 0 Å². The maximum Gasteiger partial charge on any atom is 0.128 e. The maximum absolute atomic E-state index is 11.8. The van der Waals surface area contributed by atoms with Gasteiger partial charge in [-0.25, -0.2) is 0 Å². The third-order valence-corrected chi connectivity index (χ3v) is 14.0. The van der Waals surface area contributed by atoms with Crippen molar-refractivity contribution in [2.45, 2.75) is 180 Å². The lowest BCUT2D eigenvalue weighted by molar-refractivity contribution is 0.0415. The van der Waals surface area contributed by atoms with Crippen molar-refractivity contribution in [1.82, 2.24) is 0 Å². The van der Waals surface area contributed by atoms with Gasteiger partial charge in [-0.2, -0.15) is 0 Å². The zero-order valence-electron chi connectivity index (χ0n) is 35.7. The highest BCUT2D eigenvalue weighted by Crippen LogP contribution is 2.66. The highest BCUT2D eigenvalue weighted by Gasteiger charge is 2.57. The predicted octanol–water partition coefficient (Wildman–Crippen LogP) is 14.0. The van der Waals surface area contributed by atoms with Crippen LogP contribution in [0, 0.1) is 44.8 Å². The van der Waals surface area contributed by atoms with Crippen LogP contribution >= 0.6 is 0 Å². The van der Waals surface area contributed by atoms with E-state index in [2.05, 4.69) is 154 Å². The topological polar surface area (TPSA) is 32.6 Å². The number of hydrogen-bond acceptors (Lipinski definition) is 2. The third-order valence-electron chi connectivity index (χ3n) is 14.0. The van der Waals surface area contributed by atoms with Gasteiger partial charge in [0.1, 0.15) is 5.75 Å². The molecule has 0 amide bonds. The Morgan fingerprint density at radius 3 is 1.98 bits per heavy atom. The second-order valence-corrected chi connectivity index (χ2v) is 21.6. The first-order valence-electron chi connectivity index (χ1n) is 20.3. The fourth-order valence-corrected chi connectivity index (χ4v) is 10.2. The number of aliphatic imine (C=N–C) groups is 1. The molecule has 50 heavy (non-hydrogen) atoms. The Bertz CT molecular complexity index is 1510. The van der Waals surface area contributed by atoms with E-state index in [0.29, 0.717) is 23.6 Å². The van der Waals surface area contributed by atoms with Gasteiger partial charge in [-0.15, -0.1) is 0 Å². The van der Waals surface area contributed by atoms with Gasteiger partial charge in [0.25, 0.3) is 0 Å². The number of phenols is 1. The number of nitrogens with zero attached hydrogens (tertiary/aromatic N) is 1. The first kappa shape index (κ1) is 40.7. The minimum absolute atomic E-state index is 0.122. The van der Waals surface area contributed by atoms with Crippen LogP contribution in [0.25, 0.3) is 0 Å². The number of benzene rings is 1. The van der Waals surface area contributed by atoms with Gasteiger partial charge in [0.15, 0.2) is 0 Å². The molecular formula is C48H77NO. The van der Waals surface area contributed by atoms with E-state index in [-0.39, 0.29) is 43.8 Å². The lowest BCUT2D eigenvalue weighted by Crippen LogP contribution is -2.51. The van der Waals surface area contributed by atoms with Crippen LogP contribution in [0.4, 0.5) is 0 Å². The molecule has 0 aromatic heterocycles. The van der Waals surface area contributed by atoms with Crippen LogP contribution in [-0.2, 0) is 10.8 Å². The van der Waals surface area contributed by atoms with Gasteiger partial charge in [0.05, 0.1) is 0 Å². The van der Waals surface area contributed by atoms with E-state index in [1.807, 2.05) is 6.21 Å². The van der Waals surface area contributed by atoms with Gasteiger partial charge in [-0.05, 0) is 88.4 Å². The smallest absolute Gasteiger partial charge is 0.128 e. The number of aromatic hydroxyl groups is 1. The number of phenolic OH excluding ortho intramolecular Hbond substituents is 1.